The molecular weight excluding hydrogens is 421 g/mol. The van der Waals surface area contributed by atoms with Gasteiger partial charge in [-0.2, -0.15) is 13.2 Å². The molecule has 0 spiro atoms. The Bertz CT molecular complexity index is 776. The van der Waals surface area contributed by atoms with Gasteiger partial charge in [-0.25, -0.2) is 8.42 Å². The van der Waals surface area contributed by atoms with Crippen LogP contribution in [0.25, 0.3) is 0 Å². The first-order valence-electron chi connectivity index (χ1n) is 10.1. The van der Waals surface area contributed by atoms with Gasteiger partial charge in [0.2, 0.25) is 5.91 Å². The molecule has 0 saturated carbocycles. The predicted octanol–water partition coefficient (Wildman–Crippen LogP) is 2.80. The number of halogens is 3. The number of benzene rings is 1. The van der Waals surface area contributed by atoms with Crippen LogP contribution < -0.4 is 5.32 Å². The second-order valence-electron chi connectivity index (χ2n) is 7.39. The van der Waals surface area contributed by atoms with E-state index in [0.717, 1.165) is 25.0 Å². The van der Waals surface area contributed by atoms with E-state index in [9.17, 15) is 26.4 Å². The zero-order valence-corrected chi connectivity index (χ0v) is 17.9. The molecule has 1 heterocycles. The highest BCUT2D eigenvalue weighted by atomic mass is 32.2. The van der Waals surface area contributed by atoms with Crippen molar-refractivity contribution >= 4 is 15.7 Å². The van der Waals surface area contributed by atoms with Crippen LogP contribution in [0.15, 0.2) is 24.3 Å². The highest BCUT2D eigenvalue weighted by Crippen LogP contribution is 2.31. The summed E-state index contributed by atoms with van der Waals surface area (Å²) >= 11 is 0. The number of morpholine rings is 1. The zero-order chi connectivity index (χ0) is 22.2. The molecule has 1 aromatic rings. The van der Waals surface area contributed by atoms with E-state index in [-0.39, 0.29) is 18.3 Å². The molecule has 1 saturated heterocycles. The lowest BCUT2D eigenvalue weighted by molar-refractivity contribution is -0.137. The second-order valence-corrected chi connectivity index (χ2v) is 9.57. The number of nitrogens with zero attached hydrogens (tertiary/aromatic N) is 1. The average Bonchev–Trinajstić information content (AvgIpc) is 2.68. The topological polar surface area (TPSA) is 75.7 Å². The van der Waals surface area contributed by atoms with Crippen molar-refractivity contribution in [1.29, 1.82) is 0 Å². The summed E-state index contributed by atoms with van der Waals surface area (Å²) in [5.74, 6) is -1.21. The average molecular weight is 451 g/mol. The number of carbonyl (C=O) groups is 1. The van der Waals surface area contributed by atoms with Gasteiger partial charge in [0.25, 0.3) is 0 Å². The van der Waals surface area contributed by atoms with E-state index < -0.39 is 33.2 Å². The summed E-state index contributed by atoms with van der Waals surface area (Å²) in [7, 11) is -3.48. The fourth-order valence-electron chi connectivity index (χ4n) is 3.35. The van der Waals surface area contributed by atoms with Gasteiger partial charge in [-0.15, -0.1) is 0 Å². The molecule has 6 nitrogen and oxygen atoms in total. The molecule has 170 valence electrons. The van der Waals surface area contributed by atoms with Crippen molar-refractivity contribution in [3.05, 3.63) is 35.4 Å². The Morgan fingerprint density at radius 3 is 2.37 bits per heavy atom. The van der Waals surface area contributed by atoms with E-state index in [0.29, 0.717) is 38.3 Å². The Morgan fingerprint density at radius 2 is 1.80 bits per heavy atom. The molecule has 0 radical (unpaired) electrons. The quantitative estimate of drug-likeness (QED) is 0.555. The lowest BCUT2D eigenvalue weighted by Gasteiger charge is -2.35. The molecule has 10 heteroatoms. The molecule has 30 heavy (non-hydrogen) atoms. The van der Waals surface area contributed by atoms with Gasteiger partial charge in [0.05, 0.1) is 30.6 Å². The molecule has 1 aliphatic heterocycles. The molecular formula is C20H29F3N2O4S. The molecule has 1 N–H and O–H groups in total. The van der Waals surface area contributed by atoms with Gasteiger partial charge in [-0.05, 0) is 24.1 Å². The van der Waals surface area contributed by atoms with Gasteiger partial charge < -0.3 is 10.1 Å². The fourth-order valence-corrected chi connectivity index (χ4v) is 4.64. The van der Waals surface area contributed by atoms with Crippen LogP contribution in [0.5, 0.6) is 0 Å². The van der Waals surface area contributed by atoms with Crippen molar-refractivity contribution in [2.24, 2.45) is 0 Å². The fraction of sp³-hybridized carbons (Fsp3) is 0.650. The largest absolute Gasteiger partial charge is 0.416 e. The second kappa shape index (κ2) is 11.1. The number of unbranched alkanes of at least 4 members (excludes halogenated alkanes) is 2. The number of nitrogens with one attached hydrogen (secondary N) is 1. The predicted molar refractivity (Wildman–Crippen MR) is 108 cm³/mol. The molecule has 1 aliphatic rings. The maximum absolute atomic E-state index is 12.9. The van der Waals surface area contributed by atoms with Crippen LogP contribution in [0.2, 0.25) is 0 Å². The van der Waals surface area contributed by atoms with Crippen molar-refractivity contribution in [2.45, 2.75) is 38.4 Å². The van der Waals surface area contributed by atoms with Crippen LogP contribution in [-0.4, -0.2) is 63.6 Å². The molecule has 0 aromatic heterocycles. The van der Waals surface area contributed by atoms with Crippen LogP contribution >= 0.6 is 0 Å². The summed E-state index contributed by atoms with van der Waals surface area (Å²) in [5.41, 5.74) is -0.120. The van der Waals surface area contributed by atoms with Gasteiger partial charge >= 0.3 is 6.18 Å². The van der Waals surface area contributed by atoms with Gasteiger partial charge in [-0.3, -0.25) is 9.69 Å². The van der Waals surface area contributed by atoms with Crippen LogP contribution in [0.1, 0.15) is 43.4 Å². The number of hydrogen-bond acceptors (Lipinski definition) is 5. The molecule has 1 fully saturated rings. The SMILES string of the molecule is CCCCCS(=O)(=O)CC(=O)NCC(c1ccc(C(F)(F)F)cc1)N1CCOCC1. The lowest BCUT2D eigenvalue weighted by Crippen LogP contribution is -2.44. The van der Waals surface area contributed by atoms with E-state index >= 15 is 0 Å². The number of carbonyl (C=O) groups excluding carboxylic acids is 1. The van der Waals surface area contributed by atoms with Crippen LogP contribution in [0.4, 0.5) is 13.2 Å². The number of amides is 1. The Balaban J connectivity index is 2.04. The maximum Gasteiger partial charge on any atom is 0.416 e. The summed E-state index contributed by atoms with van der Waals surface area (Å²) in [4.78, 5) is 14.2. The first-order valence-corrected chi connectivity index (χ1v) is 11.9. The minimum absolute atomic E-state index is 0.0277. The lowest BCUT2D eigenvalue weighted by atomic mass is 10.0. The third-order valence-electron chi connectivity index (χ3n) is 5.01. The van der Waals surface area contributed by atoms with E-state index in [1.54, 1.807) is 0 Å². The summed E-state index contributed by atoms with van der Waals surface area (Å²) < 4.78 is 68.0. The first-order chi connectivity index (χ1) is 14.1. The van der Waals surface area contributed by atoms with Crippen molar-refractivity contribution in [3.8, 4) is 0 Å². The van der Waals surface area contributed by atoms with Crippen LogP contribution in [0, 0.1) is 0 Å². The van der Waals surface area contributed by atoms with Crippen molar-refractivity contribution in [2.75, 3.05) is 44.4 Å². The molecule has 1 amide bonds. The normalized spacial score (nSPS) is 16.9. The number of alkyl halides is 3. The minimum atomic E-state index is -4.42. The molecule has 0 aliphatic carbocycles. The summed E-state index contributed by atoms with van der Waals surface area (Å²) in [5, 5.41) is 2.65. The van der Waals surface area contributed by atoms with Crippen molar-refractivity contribution < 1.29 is 31.1 Å². The summed E-state index contributed by atoms with van der Waals surface area (Å²) in [6, 6.07) is 4.46. The van der Waals surface area contributed by atoms with E-state index in [1.165, 1.54) is 12.1 Å². The van der Waals surface area contributed by atoms with E-state index in [4.69, 9.17) is 4.74 Å². The van der Waals surface area contributed by atoms with Gasteiger partial charge in [0, 0.05) is 19.6 Å². The highest BCUT2D eigenvalue weighted by Gasteiger charge is 2.31. The molecule has 1 unspecified atom stereocenters. The van der Waals surface area contributed by atoms with Gasteiger partial charge in [0.1, 0.15) is 5.75 Å². The van der Waals surface area contributed by atoms with E-state index in [2.05, 4.69) is 5.32 Å². The number of ether oxygens (including phenoxy) is 1. The molecule has 1 aromatic carbocycles. The molecule has 2 rings (SSSR count). The Kier molecular flexibility index (Phi) is 9.11. The molecule has 1 atom stereocenters. The zero-order valence-electron chi connectivity index (χ0n) is 17.1. The van der Waals surface area contributed by atoms with Crippen molar-refractivity contribution in [3.63, 3.8) is 0 Å². The van der Waals surface area contributed by atoms with Crippen LogP contribution in [-0.2, 0) is 25.5 Å². The monoisotopic (exact) mass is 450 g/mol. The number of sulfone groups is 1. The Labute approximate surface area is 175 Å². The standard InChI is InChI=1S/C20H29F3N2O4S/c1-2-3-4-13-30(27,28)15-19(26)24-14-18(25-9-11-29-12-10-25)16-5-7-17(8-6-16)20(21,22)23/h5-8,18H,2-4,9-15H2,1H3,(H,24,26). The third-order valence-corrected chi connectivity index (χ3v) is 6.62. The van der Waals surface area contributed by atoms with Gasteiger partial charge in [-0.1, -0.05) is 31.9 Å². The Morgan fingerprint density at radius 1 is 1.17 bits per heavy atom. The van der Waals surface area contributed by atoms with Gasteiger partial charge in [0.15, 0.2) is 9.84 Å². The Hall–Kier alpha value is -1.65. The van der Waals surface area contributed by atoms with E-state index in [1.807, 2.05) is 11.8 Å². The third kappa shape index (κ3) is 7.88. The number of rotatable bonds is 10. The van der Waals surface area contributed by atoms with Crippen molar-refractivity contribution in [1.82, 2.24) is 10.2 Å². The molecule has 0 bridgehead atoms. The number of hydrogen-bond donors (Lipinski definition) is 1. The summed E-state index contributed by atoms with van der Waals surface area (Å²) in [6.45, 7) is 4.17. The summed E-state index contributed by atoms with van der Waals surface area (Å²) in [6.07, 6.45) is -2.23. The minimum Gasteiger partial charge on any atom is -0.379 e. The highest BCUT2D eigenvalue weighted by molar-refractivity contribution is 7.92. The maximum atomic E-state index is 12.9. The first kappa shape index (κ1) is 24.6. The van der Waals surface area contributed by atoms with Crippen LogP contribution in [0.3, 0.4) is 0 Å². The smallest absolute Gasteiger partial charge is 0.379 e.